The van der Waals surface area contributed by atoms with Crippen molar-refractivity contribution in [2.45, 2.75) is 25.5 Å². The summed E-state index contributed by atoms with van der Waals surface area (Å²) in [7, 11) is 0. The Morgan fingerprint density at radius 1 is 1.36 bits per heavy atom. The molecule has 0 heterocycles. The van der Waals surface area contributed by atoms with Gasteiger partial charge in [0.1, 0.15) is 11.5 Å². The van der Waals surface area contributed by atoms with Gasteiger partial charge in [0.2, 0.25) is 0 Å². The lowest BCUT2D eigenvalue weighted by molar-refractivity contribution is 0.139. The normalized spacial score (nSPS) is 15.1. The maximum absolute atomic E-state index is 9.48. The van der Waals surface area contributed by atoms with Crippen molar-refractivity contribution in [2.75, 3.05) is 0 Å². The Kier molecular flexibility index (Phi) is 3.33. The Bertz CT molecular complexity index is 314. The molecule has 4 heteroatoms. The number of benzene rings is 1. The molecule has 0 aliphatic rings. The van der Waals surface area contributed by atoms with Gasteiger partial charge in [0.05, 0.1) is 12.1 Å². The number of rotatable bonds is 3. The van der Waals surface area contributed by atoms with E-state index in [1.807, 2.05) is 0 Å². The molecule has 4 nitrogen and oxygen atoms in total. The van der Waals surface area contributed by atoms with Crippen LogP contribution in [0.4, 0.5) is 0 Å². The zero-order valence-electron chi connectivity index (χ0n) is 8.01. The maximum atomic E-state index is 9.48. The van der Waals surface area contributed by atoms with Gasteiger partial charge >= 0.3 is 0 Å². The highest BCUT2D eigenvalue weighted by Crippen LogP contribution is 2.28. The van der Waals surface area contributed by atoms with E-state index in [-0.39, 0.29) is 11.5 Å². The number of phenolic OH excluding ortho intramolecular Hbond substituents is 2. The monoisotopic (exact) mass is 197 g/mol. The van der Waals surface area contributed by atoms with Gasteiger partial charge in [-0.25, -0.2) is 0 Å². The van der Waals surface area contributed by atoms with Crippen LogP contribution in [-0.4, -0.2) is 21.4 Å². The molecule has 0 bridgehead atoms. The molecule has 2 atom stereocenters. The molecule has 0 amide bonds. The minimum Gasteiger partial charge on any atom is -0.508 e. The Morgan fingerprint density at radius 2 is 2.00 bits per heavy atom. The first-order valence-electron chi connectivity index (χ1n) is 4.51. The van der Waals surface area contributed by atoms with Gasteiger partial charge < -0.3 is 21.1 Å². The summed E-state index contributed by atoms with van der Waals surface area (Å²) in [4.78, 5) is 0. The standard InChI is InChI=1S/C10H15NO3/c1-2-8(13)10(11)7-5-6(12)3-4-9(7)14/h3-5,8,10,12-14H,2,11H2,1H3/t8-,10+/m0/s1. The van der Waals surface area contributed by atoms with E-state index < -0.39 is 12.1 Å². The fraction of sp³-hybridized carbons (Fsp3) is 0.400. The SMILES string of the molecule is CC[C@H](O)[C@H](N)c1cc(O)ccc1O. The second kappa shape index (κ2) is 4.30. The summed E-state index contributed by atoms with van der Waals surface area (Å²) < 4.78 is 0. The molecule has 0 aliphatic heterocycles. The zero-order chi connectivity index (χ0) is 10.7. The molecule has 1 aromatic carbocycles. The minimum absolute atomic E-state index is 0.0113. The topological polar surface area (TPSA) is 86.7 Å². The molecule has 0 aromatic heterocycles. The van der Waals surface area contributed by atoms with Crippen LogP contribution in [-0.2, 0) is 0 Å². The molecule has 0 radical (unpaired) electrons. The van der Waals surface area contributed by atoms with Crippen molar-refractivity contribution in [2.24, 2.45) is 5.73 Å². The van der Waals surface area contributed by atoms with E-state index in [4.69, 9.17) is 5.73 Å². The van der Waals surface area contributed by atoms with Crippen molar-refractivity contribution >= 4 is 0 Å². The lowest BCUT2D eigenvalue weighted by Crippen LogP contribution is -2.25. The number of aliphatic hydroxyl groups is 1. The third-order valence-electron chi connectivity index (χ3n) is 2.20. The average Bonchev–Trinajstić information content (AvgIpc) is 2.19. The highest BCUT2D eigenvalue weighted by molar-refractivity contribution is 5.40. The number of hydrogen-bond acceptors (Lipinski definition) is 4. The van der Waals surface area contributed by atoms with Crippen LogP contribution in [0.15, 0.2) is 18.2 Å². The second-order valence-electron chi connectivity index (χ2n) is 3.24. The van der Waals surface area contributed by atoms with E-state index in [1.165, 1.54) is 18.2 Å². The van der Waals surface area contributed by atoms with E-state index in [0.29, 0.717) is 12.0 Å². The van der Waals surface area contributed by atoms with Gasteiger partial charge in [-0.3, -0.25) is 0 Å². The third-order valence-corrected chi connectivity index (χ3v) is 2.20. The Labute approximate surface area is 82.6 Å². The molecule has 1 rings (SSSR count). The van der Waals surface area contributed by atoms with E-state index in [1.54, 1.807) is 6.92 Å². The predicted molar refractivity (Wildman–Crippen MR) is 53.0 cm³/mol. The summed E-state index contributed by atoms with van der Waals surface area (Å²) in [6, 6.07) is 3.41. The van der Waals surface area contributed by atoms with Gasteiger partial charge in [0, 0.05) is 5.56 Å². The smallest absolute Gasteiger partial charge is 0.120 e. The summed E-state index contributed by atoms with van der Waals surface area (Å²) in [5, 5.41) is 28.1. The van der Waals surface area contributed by atoms with Crippen LogP contribution in [0.5, 0.6) is 11.5 Å². The van der Waals surface area contributed by atoms with Crippen LogP contribution in [0.25, 0.3) is 0 Å². The fourth-order valence-electron chi connectivity index (χ4n) is 1.27. The molecular weight excluding hydrogens is 182 g/mol. The summed E-state index contributed by atoms with van der Waals surface area (Å²) in [5.41, 5.74) is 6.06. The first-order valence-corrected chi connectivity index (χ1v) is 4.51. The summed E-state index contributed by atoms with van der Waals surface area (Å²) in [6.07, 6.45) is -0.223. The van der Waals surface area contributed by atoms with E-state index in [0.717, 1.165) is 0 Å². The van der Waals surface area contributed by atoms with Crippen molar-refractivity contribution < 1.29 is 15.3 Å². The minimum atomic E-state index is -0.720. The molecule has 0 spiro atoms. The lowest BCUT2D eigenvalue weighted by atomic mass is 9.99. The number of aromatic hydroxyl groups is 2. The van der Waals surface area contributed by atoms with Crippen molar-refractivity contribution in [3.05, 3.63) is 23.8 Å². The number of phenols is 2. The molecule has 14 heavy (non-hydrogen) atoms. The van der Waals surface area contributed by atoms with Crippen molar-refractivity contribution in [1.82, 2.24) is 0 Å². The molecule has 5 N–H and O–H groups in total. The average molecular weight is 197 g/mol. The first kappa shape index (κ1) is 10.8. The zero-order valence-corrected chi connectivity index (χ0v) is 8.01. The second-order valence-corrected chi connectivity index (χ2v) is 3.24. The van der Waals surface area contributed by atoms with Gasteiger partial charge in [-0.05, 0) is 24.6 Å². The van der Waals surface area contributed by atoms with E-state index in [2.05, 4.69) is 0 Å². The quantitative estimate of drug-likeness (QED) is 0.541. The first-order chi connectivity index (χ1) is 6.56. The van der Waals surface area contributed by atoms with E-state index >= 15 is 0 Å². The molecule has 0 unspecified atom stereocenters. The highest BCUT2D eigenvalue weighted by Gasteiger charge is 2.18. The third kappa shape index (κ3) is 2.16. The van der Waals surface area contributed by atoms with Gasteiger partial charge in [0.15, 0.2) is 0 Å². The summed E-state index contributed by atoms with van der Waals surface area (Å²) in [5.74, 6) is 0.0133. The van der Waals surface area contributed by atoms with Gasteiger partial charge in [0.25, 0.3) is 0 Å². The molecule has 0 fully saturated rings. The van der Waals surface area contributed by atoms with E-state index in [9.17, 15) is 15.3 Å². The molecule has 0 aliphatic carbocycles. The van der Waals surface area contributed by atoms with Crippen LogP contribution in [0.1, 0.15) is 24.9 Å². The Balaban J connectivity index is 2.99. The summed E-state index contributed by atoms with van der Waals surface area (Å²) in [6.45, 7) is 1.80. The van der Waals surface area contributed by atoms with Gasteiger partial charge in [-0.2, -0.15) is 0 Å². The Hall–Kier alpha value is -1.26. The van der Waals surface area contributed by atoms with Crippen molar-refractivity contribution in [1.29, 1.82) is 0 Å². The molecule has 0 saturated heterocycles. The largest absolute Gasteiger partial charge is 0.508 e. The number of aliphatic hydroxyl groups excluding tert-OH is 1. The van der Waals surface area contributed by atoms with Crippen LogP contribution in [0.2, 0.25) is 0 Å². The lowest BCUT2D eigenvalue weighted by Gasteiger charge is -2.18. The van der Waals surface area contributed by atoms with Crippen molar-refractivity contribution in [3.8, 4) is 11.5 Å². The van der Waals surface area contributed by atoms with Crippen LogP contribution in [0, 0.1) is 0 Å². The number of nitrogens with two attached hydrogens (primary N) is 1. The van der Waals surface area contributed by atoms with Crippen LogP contribution < -0.4 is 5.73 Å². The maximum Gasteiger partial charge on any atom is 0.120 e. The molecular formula is C10H15NO3. The van der Waals surface area contributed by atoms with Gasteiger partial charge in [-0.1, -0.05) is 6.92 Å². The predicted octanol–water partition coefficient (Wildman–Crippen LogP) is 0.868. The highest BCUT2D eigenvalue weighted by atomic mass is 16.3. The Morgan fingerprint density at radius 3 is 2.57 bits per heavy atom. The van der Waals surface area contributed by atoms with Crippen LogP contribution in [0.3, 0.4) is 0 Å². The summed E-state index contributed by atoms with van der Waals surface area (Å²) >= 11 is 0. The van der Waals surface area contributed by atoms with Gasteiger partial charge in [-0.15, -0.1) is 0 Å². The van der Waals surface area contributed by atoms with Crippen LogP contribution >= 0.6 is 0 Å². The molecule has 78 valence electrons. The fourth-order valence-corrected chi connectivity index (χ4v) is 1.27. The number of hydrogen-bond donors (Lipinski definition) is 4. The van der Waals surface area contributed by atoms with Crippen molar-refractivity contribution in [3.63, 3.8) is 0 Å². The molecule has 0 saturated carbocycles. The molecule has 1 aromatic rings.